The molecule has 2 amide bonds. The van der Waals surface area contributed by atoms with E-state index in [2.05, 4.69) is 10.3 Å². The molecular formula is C21H18N4O3. The Bertz CT molecular complexity index is 1170. The summed E-state index contributed by atoms with van der Waals surface area (Å²) in [5, 5.41) is 3.26. The number of rotatable bonds is 4. The van der Waals surface area contributed by atoms with Gasteiger partial charge >= 0.3 is 0 Å². The Labute approximate surface area is 160 Å². The molecule has 1 atom stereocenters. The number of aromatic nitrogens is 2. The van der Waals surface area contributed by atoms with Crippen molar-refractivity contribution in [3.63, 3.8) is 0 Å². The first-order valence-electron chi connectivity index (χ1n) is 8.92. The van der Waals surface area contributed by atoms with Crippen LogP contribution in [-0.2, 0) is 9.59 Å². The number of primary amides is 1. The van der Waals surface area contributed by atoms with E-state index in [0.29, 0.717) is 22.4 Å². The van der Waals surface area contributed by atoms with E-state index in [-0.39, 0.29) is 24.3 Å². The topological polar surface area (TPSA) is 107 Å². The highest BCUT2D eigenvalue weighted by molar-refractivity contribution is 5.97. The van der Waals surface area contributed by atoms with Crippen LogP contribution in [0.3, 0.4) is 0 Å². The number of fused-ring (bicyclic) bond motifs is 2. The van der Waals surface area contributed by atoms with Crippen LogP contribution in [0, 0.1) is 0 Å². The zero-order valence-electron chi connectivity index (χ0n) is 15.0. The fourth-order valence-corrected chi connectivity index (χ4v) is 3.37. The van der Waals surface area contributed by atoms with Crippen molar-refractivity contribution >= 4 is 34.5 Å². The van der Waals surface area contributed by atoms with Gasteiger partial charge in [0.25, 0.3) is 5.56 Å². The lowest BCUT2D eigenvalue weighted by atomic mass is 10.0. The van der Waals surface area contributed by atoms with Crippen molar-refractivity contribution in [3.05, 3.63) is 76.3 Å². The second kappa shape index (κ2) is 7.11. The fraction of sp³-hybridized carbons (Fsp3) is 0.143. The molecule has 0 aliphatic carbocycles. The fourth-order valence-electron chi connectivity index (χ4n) is 3.37. The quantitative estimate of drug-likeness (QED) is 0.726. The lowest BCUT2D eigenvalue weighted by Gasteiger charge is -2.28. The molecule has 0 fully saturated rings. The van der Waals surface area contributed by atoms with Crippen molar-refractivity contribution in [3.8, 4) is 0 Å². The summed E-state index contributed by atoms with van der Waals surface area (Å²) in [4.78, 5) is 41.8. The van der Waals surface area contributed by atoms with E-state index in [1.54, 1.807) is 30.3 Å². The molecule has 0 radical (unpaired) electrons. The highest BCUT2D eigenvalue weighted by atomic mass is 16.2. The van der Waals surface area contributed by atoms with E-state index in [9.17, 15) is 14.4 Å². The molecule has 0 spiro atoms. The van der Waals surface area contributed by atoms with E-state index in [1.165, 1.54) is 4.57 Å². The van der Waals surface area contributed by atoms with Crippen molar-refractivity contribution in [2.45, 2.75) is 18.9 Å². The molecule has 1 aliphatic heterocycles. The number of nitrogens with zero attached hydrogens (tertiary/aromatic N) is 2. The highest BCUT2D eigenvalue weighted by Gasteiger charge is 2.32. The van der Waals surface area contributed by atoms with Gasteiger partial charge in [0, 0.05) is 6.42 Å². The molecule has 140 valence electrons. The van der Waals surface area contributed by atoms with Gasteiger partial charge in [0.15, 0.2) is 5.82 Å². The van der Waals surface area contributed by atoms with Crippen LogP contribution < -0.4 is 16.6 Å². The SMILES string of the molecule is NC(=O)CC[C@H]1C(=O)N/C(=C\c2ccccc2)c2nc3ccccc3c(=O)n21. The minimum Gasteiger partial charge on any atom is -0.370 e. The standard InChI is InChI=1S/C21H18N4O3/c22-18(26)11-10-17-20(27)24-16(12-13-6-2-1-3-7-13)19-23-15-9-5-4-8-14(15)21(28)25(17)19/h1-9,12,17H,10-11H2,(H2,22,26)(H,24,27)/b16-12-/t17-/m0/s1. The van der Waals surface area contributed by atoms with E-state index in [1.807, 2.05) is 30.3 Å². The Balaban J connectivity index is 1.94. The van der Waals surface area contributed by atoms with Gasteiger partial charge in [-0.3, -0.25) is 19.0 Å². The van der Waals surface area contributed by atoms with E-state index >= 15 is 0 Å². The third-order valence-corrected chi connectivity index (χ3v) is 4.70. The van der Waals surface area contributed by atoms with Crippen molar-refractivity contribution in [1.29, 1.82) is 0 Å². The summed E-state index contributed by atoms with van der Waals surface area (Å²) in [5.74, 6) is -0.529. The van der Waals surface area contributed by atoms with Gasteiger partial charge in [-0.25, -0.2) is 4.98 Å². The number of hydrogen-bond donors (Lipinski definition) is 2. The summed E-state index contributed by atoms with van der Waals surface area (Å²) < 4.78 is 1.37. The minimum absolute atomic E-state index is 0.00543. The largest absolute Gasteiger partial charge is 0.370 e. The zero-order valence-corrected chi connectivity index (χ0v) is 15.0. The zero-order chi connectivity index (χ0) is 19.7. The monoisotopic (exact) mass is 374 g/mol. The molecule has 28 heavy (non-hydrogen) atoms. The summed E-state index contributed by atoms with van der Waals surface area (Å²) in [5.41, 5.74) is 6.78. The molecule has 1 aliphatic rings. The molecular weight excluding hydrogens is 356 g/mol. The van der Waals surface area contributed by atoms with Crippen LogP contribution >= 0.6 is 0 Å². The average Bonchev–Trinajstić information content (AvgIpc) is 2.69. The number of para-hydroxylation sites is 1. The van der Waals surface area contributed by atoms with Gasteiger partial charge in [-0.2, -0.15) is 0 Å². The highest BCUT2D eigenvalue weighted by Crippen LogP contribution is 2.26. The normalized spacial score (nSPS) is 17.4. The van der Waals surface area contributed by atoms with Crippen molar-refractivity contribution in [2.24, 2.45) is 5.73 Å². The van der Waals surface area contributed by atoms with Crippen LogP contribution in [0.25, 0.3) is 22.7 Å². The molecule has 0 bridgehead atoms. The van der Waals surface area contributed by atoms with Crippen molar-refractivity contribution < 1.29 is 9.59 Å². The van der Waals surface area contributed by atoms with Gasteiger partial charge in [0.2, 0.25) is 11.8 Å². The Morgan fingerprint density at radius 1 is 1.11 bits per heavy atom. The average molecular weight is 374 g/mol. The lowest BCUT2D eigenvalue weighted by Crippen LogP contribution is -2.44. The second-order valence-corrected chi connectivity index (χ2v) is 6.61. The van der Waals surface area contributed by atoms with Gasteiger partial charge in [-0.05, 0) is 30.2 Å². The maximum Gasteiger partial charge on any atom is 0.262 e. The third-order valence-electron chi connectivity index (χ3n) is 4.70. The summed E-state index contributed by atoms with van der Waals surface area (Å²) in [6.07, 6.45) is 1.90. The molecule has 0 saturated carbocycles. The van der Waals surface area contributed by atoms with Crippen molar-refractivity contribution in [2.75, 3.05) is 0 Å². The summed E-state index contributed by atoms with van der Waals surface area (Å²) in [6, 6.07) is 15.6. The summed E-state index contributed by atoms with van der Waals surface area (Å²) >= 11 is 0. The Hall–Kier alpha value is -3.74. The summed E-state index contributed by atoms with van der Waals surface area (Å²) in [6.45, 7) is 0. The number of nitrogens with two attached hydrogens (primary N) is 1. The second-order valence-electron chi connectivity index (χ2n) is 6.61. The lowest BCUT2D eigenvalue weighted by molar-refractivity contribution is -0.124. The number of carbonyl (C=O) groups excluding carboxylic acids is 2. The number of benzene rings is 2. The van der Waals surface area contributed by atoms with E-state index in [0.717, 1.165) is 5.56 Å². The van der Waals surface area contributed by atoms with Gasteiger partial charge in [0.1, 0.15) is 6.04 Å². The predicted octanol–water partition coefficient (Wildman–Crippen LogP) is 1.83. The maximum atomic E-state index is 13.2. The first kappa shape index (κ1) is 17.7. The maximum absolute atomic E-state index is 13.2. The smallest absolute Gasteiger partial charge is 0.262 e. The molecule has 7 heteroatoms. The van der Waals surface area contributed by atoms with Crippen LogP contribution in [0.15, 0.2) is 59.4 Å². The van der Waals surface area contributed by atoms with E-state index in [4.69, 9.17) is 5.73 Å². The van der Waals surface area contributed by atoms with Crippen LogP contribution in [-0.4, -0.2) is 21.4 Å². The van der Waals surface area contributed by atoms with Gasteiger partial charge in [-0.15, -0.1) is 0 Å². The Morgan fingerprint density at radius 3 is 2.57 bits per heavy atom. The number of amides is 2. The van der Waals surface area contributed by atoms with Crippen LogP contribution in [0.4, 0.5) is 0 Å². The predicted molar refractivity (Wildman–Crippen MR) is 106 cm³/mol. The molecule has 3 aromatic rings. The first-order chi connectivity index (χ1) is 13.5. The van der Waals surface area contributed by atoms with Crippen LogP contribution in [0.5, 0.6) is 0 Å². The molecule has 2 heterocycles. The van der Waals surface area contributed by atoms with Gasteiger partial charge < -0.3 is 11.1 Å². The van der Waals surface area contributed by atoms with Crippen molar-refractivity contribution in [1.82, 2.24) is 14.9 Å². The molecule has 2 aromatic carbocycles. The van der Waals surface area contributed by atoms with E-state index < -0.39 is 11.9 Å². The number of hydrogen-bond acceptors (Lipinski definition) is 4. The minimum atomic E-state index is -0.847. The molecule has 3 N–H and O–H groups in total. The van der Waals surface area contributed by atoms with Crippen LogP contribution in [0.2, 0.25) is 0 Å². The third kappa shape index (κ3) is 3.18. The molecule has 1 aromatic heterocycles. The molecule has 7 nitrogen and oxygen atoms in total. The molecule has 0 saturated heterocycles. The Morgan fingerprint density at radius 2 is 1.82 bits per heavy atom. The van der Waals surface area contributed by atoms with Gasteiger partial charge in [-0.1, -0.05) is 42.5 Å². The molecule has 4 rings (SSSR count). The Kier molecular flexibility index (Phi) is 4.49. The molecule has 0 unspecified atom stereocenters. The number of nitrogens with one attached hydrogen (secondary N) is 1. The van der Waals surface area contributed by atoms with Crippen LogP contribution in [0.1, 0.15) is 30.3 Å². The first-order valence-corrected chi connectivity index (χ1v) is 8.92. The summed E-state index contributed by atoms with van der Waals surface area (Å²) in [7, 11) is 0. The van der Waals surface area contributed by atoms with Gasteiger partial charge in [0.05, 0.1) is 16.6 Å². The number of carbonyl (C=O) groups is 2.